The van der Waals surface area contributed by atoms with E-state index in [9.17, 15) is 27.9 Å². The van der Waals surface area contributed by atoms with Gasteiger partial charge in [-0.15, -0.1) is 0 Å². The van der Waals surface area contributed by atoms with E-state index in [0.29, 0.717) is 5.56 Å². The van der Waals surface area contributed by atoms with Crippen LogP contribution in [0.1, 0.15) is 23.1 Å². The number of benzene rings is 2. The van der Waals surface area contributed by atoms with Crippen molar-refractivity contribution < 1.29 is 27.9 Å². The van der Waals surface area contributed by atoms with E-state index in [0.717, 1.165) is 17.7 Å². The molecule has 142 valence electrons. The number of rotatable bonds is 7. The van der Waals surface area contributed by atoms with Crippen molar-refractivity contribution in [1.29, 1.82) is 0 Å². The summed E-state index contributed by atoms with van der Waals surface area (Å²) < 4.78 is 37.6. The fraction of sp³-hybridized carbons (Fsp3) is 0.200. The molecule has 0 spiro atoms. The summed E-state index contributed by atoms with van der Waals surface area (Å²) in [6.45, 7) is 0. The fourth-order valence-corrected chi connectivity index (χ4v) is 2.37. The van der Waals surface area contributed by atoms with Crippen LogP contribution in [0.25, 0.3) is 6.08 Å². The number of carboxylic acids is 1. The highest BCUT2D eigenvalue weighted by molar-refractivity contribution is 5.85. The quantitative estimate of drug-likeness (QED) is 0.769. The van der Waals surface area contributed by atoms with Crippen molar-refractivity contribution >= 4 is 18.0 Å². The highest BCUT2D eigenvalue weighted by Gasteiger charge is 2.30. The van der Waals surface area contributed by atoms with E-state index < -0.39 is 29.7 Å². The number of carbonyl (C=O) groups is 2. The lowest BCUT2D eigenvalue weighted by Crippen LogP contribution is -2.41. The van der Waals surface area contributed by atoms with Crippen LogP contribution < -0.4 is 5.32 Å². The number of halogens is 3. The maximum absolute atomic E-state index is 12.5. The van der Waals surface area contributed by atoms with Crippen LogP contribution in [0, 0.1) is 0 Å². The summed E-state index contributed by atoms with van der Waals surface area (Å²) in [5.41, 5.74) is 0.461. The maximum atomic E-state index is 12.5. The van der Waals surface area contributed by atoms with Crippen LogP contribution in [0.5, 0.6) is 0 Å². The summed E-state index contributed by atoms with van der Waals surface area (Å²) in [7, 11) is 0. The van der Waals surface area contributed by atoms with E-state index in [-0.39, 0.29) is 12.8 Å². The molecule has 4 nitrogen and oxygen atoms in total. The number of amides is 1. The van der Waals surface area contributed by atoms with Crippen LogP contribution in [-0.2, 0) is 22.2 Å². The van der Waals surface area contributed by atoms with Gasteiger partial charge in [0.2, 0.25) is 5.91 Å². The van der Waals surface area contributed by atoms with Gasteiger partial charge in [-0.25, -0.2) is 4.79 Å². The number of nitrogens with one attached hydrogen (secondary N) is 1. The van der Waals surface area contributed by atoms with Crippen LogP contribution >= 0.6 is 0 Å². The Hall–Kier alpha value is -3.09. The second-order valence-corrected chi connectivity index (χ2v) is 5.88. The smallest absolute Gasteiger partial charge is 0.416 e. The molecule has 1 atom stereocenters. The van der Waals surface area contributed by atoms with Crippen LogP contribution in [-0.4, -0.2) is 23.0 Å². The molecule has 2 aromatic carbocycles. The average Bonchev–Trinajstić information content (AvgIpc) is 2.61. The van der Waals surface area contributed by atoms with Gasteiger partial charge >= 0.3 is 12.1 Å². The molecule has 0 aliphatic heterocycles. The minimum atomic E-state index is -4.44. The zero-order chi connectivity index (χ0) is 19.9. The molecule has 2 N–H and O–H groups in total. The van der Waals surface area contributed by atoms with Gasteiger partial charge in [0.05, 0.1) is 12.0 Å². The molecule has 0 unspecified atom stereocenters. The molecule has 0 radical (unpaired) electrons. The van der Waals surface area contributed by atoms with Crippen LogP contribution in [0.2, 0.25) is 0 Å². The number of alkyl halides is 3. The topological polar surface area (TPSA) is 66.4 Å². The van der Waals surface area contributed by atoms with E-state index in [1.54, 1.807) is 12.2 Å². The minimum absolute atomic E-state index is 0.0863. The molecule has 0 saturated carbocycles. The monoisotopic (exact) mass is 377 g/mol. The van der Waals surface area contributed by atoms with E-state index in [4.69, 9.17) is 0 Å². The van der Waals surface area contributed by atoms with E-state index >= 15 is 0 Å². The standard InChI is InChI=1S/C20H18F3NO3/c21-20(22,23)16-11-9-15(10-12-16)13-18(25)24-17(19(26)27)8-4-7-14-5-2-1-3-6-14/h1-7,9-12,17H,8,13H2,(H,24,25)(H,26,27)/b7-4+/t17-/m0/s1. The molecular formula is C20H18F3NO3. The molecule has 0 fully saturated rings. The van der Waals surface area contributed by atoms with E-state index in [2.05, 4.69) is 5.32 Å². The van der Waals surface area contributed by atoms with Crippen LogP contribution in [0.4, 0.5) is 13.2 Å². The first-order valence-electron chi connectivity index (χ1n) is 8.15. The first-order valence-corrected chi connectivity index (χ1v) is 8.15. The summed E-state index contributed by atoms with van der Waals surface area (Å²) in [6.07, 6.45) is -1.17. The third kappa shape index (κ3) is 6.62. The van der Waals surface area contributed by atoms with Gasteiger partial charge in [0.25, 0.3) is 0 Å². The van der Waals surface area contributed by atoms with Crippen LogP contribution in [0.15, 0.2) is 60.7 Å². The average molecular weight is 377 g/mol. The Labute approximate surface area is 154 Å². The number of carbonyl (C=O) groups excluding carboxylic acids is 1. The Morgan fingerprint density at radius 3 is 2.22 bits per heavy atom. The summed E-state index contributed by atoms with van der Waals surface area (Å²) in [6, 6.07) is 12.3. The van der Waals surface area contributed by atoms with Crippen molar-refractivity contribution in [3.8, 4) is 0 Å². The number of aliphatic carboxylic acids is 1. The van der Waals surface area contributed by atoms with Gasteiger partial charge in [-0.1, -0.05) is 54.6 Å². The molecule has 2 rings (SSSR count). The molecule has 1 amide bonds. The maximum Gasteiger partial charge on any atom is 0.416 e. The first kappa shape index (κ1) is 20.2. The summed E-state index contributed by atoms with van der Waals surface area (Å²) in [5, 5.41) is 11.6. The Morgan fingerprint density at radius 2 is 1.67 bits per heavy atom. The van der Waals surface area contributed by atoms with Crippen molar-refractivity contribution in [2.24, 2.45) is 0 Å². The predicted molar refractivity (Wildman–Crippen MR) is 94.8 cm³/mol. The Kier molecular flexibility index (Phi) is 6.76. The summed E-state index contributed by atoms with van der Waals surface area (Å²) in [5.74, 6) is -1.76. The van der Waals surface area contributed by atoms with Gasteiger partial charge in [-0.3, -0.25) is 4.79 Å². The van der Waals surface area contributed by atoms with Crippen molar-refractivity contribution in [2.45, 2.75) is 25.1 Å². The SMILES string of the molecule is O=C(Cc1ccc(C(F)(F)F)cc1)N[C@@H](C/C=C/c1ccccc1)C(=O)O. The van der Waals surface area contributed by atoms with Crippen molar-refractivity contribution in [3.63, 3.8) is 0 Å². The second-order valence-electron chi connectivity index (χ2n) is 5.88. The lowest BCUT2D eigenvalue weighted by atomic mass is 10.1. The Morgan fingerprint density at radius 1 is 1.04 bits per heavy atom. The number of carboxylic acid groups (broad SMARTS) is 1. The summed E-state index contributed by atoms with van der Waals surface area (Å²) >= 11 is 0. The molecule has 0 aliphatic carbocycles. The third-order valence-corrected chi connectivity index (χ3v) is 3.76. The lowest BCUT2D eigenvalue weighted by molar-refractivity contribution is -0.141. The zero-order valence-corrected chi connectivity index (χ0v) is 14.2. The normalized spacial score (nSPS) is 12.7. The van der Waals surface area contributed by atoms with Gasteiger partial charge in [-0.2, -0.15) is 13.2 Å². The Balaban J connectivity index is 1.92. The molecule has 0 aliphatic rings. The van der Waals surface area contributed by atoms with Gasteiger partial charge < -0.3 is 10.4 Å². The molecule has 7 heteroatoms. The van der Waals surface area contributed by atoms with E-state index in [1.165, 1.54) is 12.1 Å². The molecule has 2 aromatic rings. The third-order valence-electron chi connectivity index (χ3n) is 3.76. The fourth-order valence-electron chi connectivity index (χ4n) is 2.37. The highest BCUT2D eigenvalue weighted by Crippen LogP contribution is 2.29. The van der Waals surface area contributed by atoms with Crippen molar-refractivity contribution in [2.75, 3.05) is 0 Å². The lowest BCUT2D eigenvalue weighted by Gasteiger charge is -2.13. The molecule has 0 aromatic heterocycles. The second kappa shape index (κ2) is 9.02. The minimum Gasteiger partial charge on any atom is -0.480 e. The van der Waals surface area contributed by atoms with Gasteiger partial charge in [0.15, 0.2) is 0 Å². The first-order chi connectivity index (χ1) is 12.8. The molecule has 27 heavy (non-hydrogen) atoms. The summed E-state index contributed by atoms with van der Waals surface area (Å²) in [4.78, 5) is 23.3. The highest BCUT2D eigenvalue weighted by atomic mass is 19.4. The van der Waals surface area contributed by atoms with Crippen molar-refractivity contribution in [1.82, 2.24) is 5.32 Å². The van der Waals surface area contributed by atoms with Crippen LogP contribution in [0.3, 0.4) is 0 Å². The zero-order valence-electron chi connectivity index (χ0n) is 14.2. The van der Waals surface area contributed by atoms with Gasteiger partial charge in [0.1, 0.15) is 6.04 Å². The molecular weight excluding hydrogens is 359 g/mol. The van der Waals surface area contributed by atoms with Crippen molar-refractivity contribution in [3.05, 3.63) is 77.4 Å². The van der Waals surface area contributed by atoms with E-state index in [1.807, 2.05) is 30.3 Å². The Bertz CT molecular complexity index is 799. The largest absolute Gasteiger partial charge is 0.480 e. The molecule has 0 bridgehead atoms. The molecule has 0 heterocycles. The van der Waals surface area contributed by atoms with Gasteiger partial charge in [-0.05, 0) is 29.7 Å². The number of hydrogen-bond donors (Lipinski definition) is 2. The number of hydrogen-bond acceptors (Lipinski definition) is 2. The predicted octanol–water partition coefficient (Wildman–Crippen LogP) is 3.92. The molecule has 0 saturated heterocycles. The van der Waals surface area contributed by atoms with Gasteiger partial charge in [0, 0.05) is 0 Å².